The lowest BCUT2D eigenvalue weighted by atomic mass is 9.93. The van der Waals surface area contributed by atoms with Gasteiger partial charge in [-0.25, -0.2) is 4.79 Å². The van der Waals surface area contributed by atoms with Gasteiger partial charge in [-0.3, -0.25) is 0 Å². The average molecular weight is 293 g/mol. The van der Waals surface area contributed by atoms with Crippen LogP contribution < -0.4 is 0 Å². The molecule has 0 aromatic carbocycles. The van der Waals surface area contributed by atoms with Crippen molar-refractivity contribution < 1.29 is 9.53 Å². The molecule has 0 unspecified atom stereocenters. The first-order valence-corrected chi connectivity index (χ1v) is 7.72. The van der Waals surface area contributed by atoms with Crippen LogP contribution in [0.5, 0.6) is 0 Å². The Bertz CT molecular complexity index is 313. The van der Waals surface area contributed by atoms with Crippen LogP contribution >= 0.6 is 23.2 Å². The third-order valence-electron chi connectivity index (χ3n) is 3.32. The van der Waals surface area contributed by atoms with E-state index in [0.717, 1.165) is 38.5 Å². The Hall–Kier alpha value is -0.210. The van der Waals surface area contributed by atoms with Crippen LogP contribution in [0.15, 0.2) is 10.6 Å². The number of esters is 1. The minimum atomic E-state index is -0.263. The fourth-order valence-electron chi connectivity index (χ4n) is 2.32. The van der Waals surface area contributed by atoms with Gasteiger partial charge in [0.1, 0.15) is 6.10 Å². The topological polar surface area (TPSA) is 26.3 Å². The molecular weight excluding hydrogens is 271 g/mol. The SMILES string of the molecule is CCCCC[C@@H]1OC(=O)/C(=C(\Cl)CCC)[C@H]1CCl. The van der Waals surface area contributed by atoms with Crippen molar-refractivity contribution in [1.82, 2.24) is 0 Å². The summed E-state index contributed by atoms with van der Waals surface area (Å²) < 4.78 is 5.43. The number of hydrogen-bond acceptors (Lipinski definition) is 2. The van der Waals surface area contributed by atoms with Gasteiger partial charge in [0.25, 0.3) is 0 Å². The number of rotatable bonds is 7. The highest BCUT2D eigenvalue weighted by Gasteiger charge is 2.40. The molecule has 1 saturated heterocycles. The van der Waals surface area contributed by atoms with Crippen LogP contribution in [0.25, 0.3) is 0 Å². The predicted octanol–water partition coefficient (Wildman–Crippen LogP) is 4.64. The summed E-state index contributed by atoms with van der Waals surface area (Å²) in [6.45, 7) is 4.20. The Morgan fingerprint density at radius 2 is 2.00 bits per heavy atom. The lowest BCUT2D eigenvalue weighted by Gasteiger charge is -2.15. The third-order valence-corrected chi connectivity index (χ3v) is 4.04. The molecule has 1 aliphatic heterocycles. The first-order valence-electron chi connectivity index (χ1n) is 6.81. The van der Waals surface area contributed by atoms with Gasteiger partial charge in [-0.05, 0) is 19.3 Å². The maximum absolute atomic E-state index is 11.9. The summed E-state index contributed by atoms with van der Waals surface area (Å²) in [7, 11) is 0. The number of unbranched alkanes of at least 4 members (excludes halogenated alkanes) is 2. The van der Waals surface area contributed by atoms with E-state index < -0.39 is 0 Å². The molecule has 0 bridgehead atoms. The molecule has 0 N–H and O–H groups in total. The number of ether oxygens (including phenoxy) is 1. The van der Waals surface area contributed by atoms with Crippen LogP contribution in [0.3, 0.4) is 0 Å². The van der Waals surface area contributed by atoms with E-state index in [1.54, 1.807) is 0 Å². The van der Waals surface area contributed by atoms with E-state index in [4.69, 9.17) is 27.9 Å². The summed E-state index contributed by atoms with van der Waals surface area (Å²) in [6.07, 6.45) is 5.84. The predicted molar refractivity (Wildman–Crippen MR) is 76.0 cm³/mol. The molecule has 1 fully saturated rings. The molecule has 0 spiro atoms. The lowest BCUT2D eigenvalue weighted by Crippen LogP contribution is -2.18. The zero-order valence-electron chi connectivity index (χ0n) is 11.2. The Labute approximate surface area is 120 Å². The summed E-state index contributed by atoms with van der Waals surface area (Å²) in [5, 5.41) is 0.631. The van der Waals surface area contributed by atoms with E-state index in [1.807, 2.05) is 6.92 Å². The number of halogens is 2. The summed E-state index contributed by atoms with van der Waals surface area (Å²) in [5.41, 5.74) is 0.620. The number of carbonyl (C=O) groups is 1. The van der Waals surface area contributed by atoms with Gasteiger partial charge in [0.05, 0.1) is 5.57 Å². The highest BCUT2D eigenvalue weighted by Crippen LogP contribution is 2.36. The van der Waals surface area contributed by atoms with Gasteiger partial charge < -0.3 is 4.74 Å². The number of cyclic esters (lactones) is 1. The third kappa shape index (κ3) is 3.89. The van der Waals surface area contributed by atoms with Crippen molar-refractivity contribution in [1.29, 1.82) is 0 Å². The molecule has 0 aliphatic carbocycles. The molecule has 0 aromatic heterocycles. The van der Waals surface area contributed by atoms with Crippen molar-refractivity contribution in [2.24, 2.45) is 5.92 Å². The second-order valence-corrected chi connectivity index (χ2v) is 5.53. The van der Waals surface area contributed by atoms with Gasteiger partial charge in [0.15, 0.2) is 0 Å². The maximum atomic E-state index is 11.9. The summed E-state index contributed by atoms with van der Waals surface area (Å²) in [6, 6.07) is 0. The number of allylic oxidation sites excluding steroid dienone is 1. The van der Waals surface area contributed by atoms with Gasteiger partial charge in [-0.1, -0.05) is 44.7 Å². The standard InChI is InChI=1S/C14H22Cl2O2/c1-3-5-6-8-12-10(9-15)13(14(17)18-12)11(16)7-4-2/h10,12H,3-9H2,1-2H3/b13-11-/t10-,12-/m0/s1. The molecule has 2 nitrogen and oxygen atoms in total. The fourth-order valence-corrected chi connectivity index (χ4v) is 3.08. The van der Waals surface area contributed by atoms with Crippen molar-refractivity contribution in [3.05, 3.63) is 10.6 Å². The fraction of sp³-hybridized carbons (Fsp3) is 0.786. The Morgan fingerprint density at radius 1 is 1.28 bits per heavy atom. The van der Waals surface area contributed by atoms with Gasteiger partial charge in [-0.15, -0.1) is 11.6 Å². The Morgan fingerprint density at radius 3 is 2.56 bits per heavy atom. The Balaban J connectivity index is 2.75. The molecule has 0 aromatic rings. The van der Waals surface area contributed by atoms with Crippen LogP contribution in [0, 0.1) is 5.92 Å². The van der Waals surface area contributed by atoms with Gasteiger partial charge in [0, 0.05) is 16.8 Å². The lowest BCUT2D eigenvalue weighted by molar-refractivity contribution is -0.139. The first-order chi connectivity index (χ1) is 8.65. The van der Waals surface area contributed by atoms with Gasteiger partial charge >= 0.3 is 5.97 Å². The molecule has 18 heavy (non-hydrogen) atoms. The van der Waals surface area contributed by atoms with Crippen LogP contribution in [-0.2, 0) is 9.53 Å². The molecule has 4 heteroatoms. The van der Waals surface area contributed by atoms with Crippen LogP contribution in [0.2, 0.25) is 0 Å². The Kier molecular flexibility index (Phi) is 7.10. The van der Waals surface area contributed by atoms with E-state index in [1.165, 1.54) is 0 Å². The van der Waals surface area contributed by atoms with Crippen LogP contribution in [0.1, 0.15) is 52.4 Å². The highest BCUT2D eigenvalue weighted by atomic mass is 35.5. The molecule has 0 radical (unpaired) electrons. The molecule has 1 aliphatic rings. The second kappa shape index (κ2) is 8.06. The molecule has 1 rings (SSSR count). The zero-order valence-corrected chi connectivity index (χ0v) is 12.7. The van der Waals surface area contributed by atoms with E-state index in [9.17, 15) is 4.79 Å². The van der Waals surface area contributed by atoms with Crippen molar-refractivity contribution in [2.45, 2.75) is 58.5 Å². The van der Waals surface area contributed by atoms with Crippen molar-refractivity contribution in [3.63, 3.8) is 0 Å². The molecule has 1 heterocycles. The monoisotopic (exact) mass is 292 g/mol. The quantitative estimate of drug-likeness (QED) is 0.296. The van der Waals surface area contributed by atoms with E-state index in [0.29, 0.717) is 16.5 Å². The maximum Gasteiger partial charge on any atom is 0.335 e. The largest absolute Gasteiger partial charge is 0.458 e. The van der Waals surface area contributed by atoms with Crippen molar-refractivity contribution >= 4 is 29.2 Å². The van der Waals surface area contributed by atoms with E-state index >= 15 is 0 Å². The van der Waals surface area contributed by atoms with Crippen molar-refractivity contribution in [2.75, 3.05) is 5.88 Å². The molecule has 104 valence electrons. The smallest absolute Gasteiger partial charge is 0.335 e. The molecule has 0 saturated carbocycles. The number of carbonyl (C=O) groups excluding carboxylic acids is 1. The van der Waals surface area contributed by atoms with Gasteiger partial charge in [-0.2, -0.15) is 0 Å². The minimum absolute atomic E-state index is 0.0323. The van der Waals surface area contributed by atoms with Gasteiger partial charge in [0.2, 0.25) is 0 Å². The van der Waals surface area contributed by atoms with Crippen molar-refractivity contribution in [3.8, 4) is 0 Å². The minimum Gasteiger partial charge on any atom is -0.458 e. The summed E-state index contributed by atoms with van der Waals surface area (Å²) in [5.74, 6) is 0.105. The normalized spacial score (nSPS) is 26.3. The zero-order chi connectivity index (χ0) is 13.5. The van der Waals surface area contributed by atoms with E-state index in [-0.39, 0.29) is 18.0 Å². The number of alkyl halides is 1. The van der Waals surface area contributed by atoms with E-state index in [2.05, 4.69) is 6.92 Å². The second-order valence-electron chi connectivity index (χ2n) is 4.77. The summed E-state index contributed by atoms with van der Waals surface area (Å²) >= 11 is 12.2. The highest BCUT2D eigenvalue weighted by molar-refractivity contribution is 6.32. The molecular formula is C14H22Cl2O2. The molecule has 2 atom stereocenters. The van der Waals surface area contributed by atoms with Crippen LogP contribution in [-0.4, -0.2) is 18.0 Å². The molecule has 0 amide bonds. The first kappa shape index (κ1) is 15.8. The summed E-state index contributed by atoms with van der Waals surface area (Å²) in [4.78, 5) is 11.9. The van der Waals surface area contributed by atoms with Crippen LogP contribution in [0.4, 0.5) is 0 Å². The average Bonchev–Trinajstić information content (AvgIpc) is 2.66. The number of hydrogen-bond donors (Lipinski definition) is 0.